The molecule has 94 valence electrons. The molecule has 1 rings (SSSR count). The fourth-order valence-electron chi connectivity index (χ4n) is 1.72. The Morgan fingerprint density at radius 3 is 2.25 bits per heavy atom. The van der Waals surface area contributed by atoms with E-state index in [0.717, 1.165) is 25.9 Å². The predicted octanol–water partition coefficient (Wildman–Crippen LogP) is -1.87. The lowest BCUT2D eigenvalue weighted by molar-refractivity contribution is -0.130. The molecule has 2 N–H and O–H groups in total. The van der Waals surface area contributed by atoms with Gasteiger partial charge in [-0.25, -0.2) is 8.42 Å². The molecular weight excluding hydrogens is 230 g/mol. The number of piperazine rings is 1. The molecule has 16 heavy (non-hydrogen) atoms. The van der Waals surface area contributed by atoms with Crippen molar-refractivity contribution in [3.05, 3.63) is 0 Å². The first kappa shape index (κ1) is 13.4. The minimum atomic E-state index is -3.22. The average molecular weight is 249 g/mol. The normalized spacial score (nSPS) is 18.8. The third kappa shape index (κ3) is 4.46. The van der Waals surface area contributed by atoms with Gasteiger partial charge in [-0.3, -0.25) is 9.69 Å². The zero-order valence-corrected chi connectivity index (χ0v) is 10.4. The van der Waals surface area contributed by atoms with E-state index in [1.54, 1.807) is 4.90 Å². The standard InChI is InChI=1S/C9H19N3O3S/c1-16(14,15)8-9(13)12-6-4-11(3-2-10)5-7-12/h2-8,10H2,1H3. The molecular formula is C9H19N3O3S. The quantitative estimate of drug-likeness (QED) is 0.631. The van der Waals surface area contributed by atoms with Crippen LogP contribution in [0.25, 0.3) is 0 Å². The Morgan fingerprint density at radius 1 is 1.25 bits per heavy atom. The molecule has 1 amide bonds. The van der Waals surface area contributed by atoms with Gasteiger partial charge in [-0.05, 0) is 0 Å². The van der Waals surface area contributed by atoms with Crippen LogP contribution in [-0.4, -0.2) is 75.4 Å². The van der Waals surface area contributed by atoms with E-state index in [-0.39, 0.29) is 11.7 Å². The van der Waals surface area contributed by atoms with Crippen LogP contribution < -0.4 is 5.73 Å². The van der Waals surface area contributed by atoms with Gasteiger partial charge in [0.15, 0.2) is 9.84 Å². The highest BCUT2D eigenvalue weighted by Crippen LogP contribution is 2.02. The lowest BCUT2D eigenvalue weighted by atomic mass is 10.3. The number of carbonyl (C=O) groups excluding carboxylic acids is 1. The highest BCUT2D eigenvalue weighted by molar-refractivity contribution is 7.91. The van der Waals surface area contributed by atoms with Gasteiger partial charge in [0.2, 0.25) is 5.91 Å². The molecule has 0 saturated carbocycles. The third-order valence-electron chi connectivity index (χ3n) is 2.56. The van der Waals surface area contributed by atoms with Crippen molar-refractivity contribution >= 4 is 15.7 Å². The summed E-state index contributed by atoms with van der Waals surface area (Å²) in [5, 5.41) is 0. The van der Waals surface area contributed by atoms with Crippen molar-refractivity contribution in [2.75, 3.05) is 51.3 Å². The predicted molar refractivity (Wildman–Crippen MR) is 61.8 cm³/mol. The molecule has 0 aromatic rings. The Bertz CT molecular complexity index is 334. The maximum atomic E-state index is 11.6. The van der Waals surface area contributed by atoms with Gasteiger partial charge < -0.3 is 10.6 Å². The summed E-state index contributed by atoms with van der Waals surface area (Å²) in [6.45, 7) is 4.16. The van der Waals surface area contributed by atoms with E-state index in [9.17, 15) is 13.2 Å². The molecule has 1 aliphatic rings. The van der Waals surface area contributed by atoms with Crippen LogP contribution in [0.2, 0.25) is 0 Å². The third-order valence-corrected chi connectivity index (χ3v) is 3.33. The number of rotatable bonds is 4. The summed E-state index contributed by atoms with van der Waals surface area (Å²) in [6.07, 6.45) is 1.08. The van der Waals surface area contributed by atoms with E-state index in [1.807, 2.05) is 0 Å². The van der Waals surface area contributed by atoms with E-state index in [4.69, 9.17) is 5.73 Å². The molecule has 0 aromatic heterocycles. The molecule has 1 fully saturated rings. The van der Waals surface area contributed by atoms with Crippen molar-refractivity contribution in [3.8, 4) is 0 Å². The minimum absolute atomic E-state index is 0.296. The average Bonchev–Trinajstić information content (AvgIpc) is 2.16. The molecule has 0 aromatic carbocycles. The van der Waals surface area contributed by atoms with Gasteiger partial charge in [-0.15, -0.1) is 0 Å². The Hall–Kier alpha value is -0.660. The Labute approximate surface area is 96.3 Å². The fraction of sp³-hybridized carbons (Fsp3) is 0.889. The molecule has 1 aliphatic heterocycles. The number of nitrogens with zero attached hydrogens (tertiary/aromatic N) is 2. The molecule has 0 radical (unpaired) electrons. The summed E-state index contributed by atoms with van der Waals surface area (Å²) in [5.74, 6) is -0.681. The molecule has 1 heterocycles. The van der Waals surface area contributed by atoms with Crippen LogP contribution in [0.5, 0.6) is 0 Å². The van der Waals surface area contributed by atoms with Gasteiger partial charge >= 0.3 is 0 Å². The molecule has 6 nitrogen and oxygen atoms in total. The van der Waals surface area contributed by atoms with Crippen LogP contribution in [-0.2, 0) is 14.6 Å². The summed E-state index contributed by atoms with van der Waals surface area (Å²) in [5.41, 5.74) is 5.44. The number of hydrogen-bond donors (Lipinski definition) is 1. The van der Waals surface area contributed by atoms with Gasteiger partial charge in [0.05, 0.1) is 0 Å². The number of hydrogen-bond acceptors (Lipinski definition) is 5. The first-order valence-corrected chi connectivity index (χ1v) is 7.36. The second-order valence-corrected chi connectivity index (χ2v) is 6.22. The Balaban J connectivity index is 2.39. The van der Waals surface area contributed by atoms with E-state index in [0.29, 0.717) is 19.6 Å². The van der Waals surface area contributed by atoms with Crippen LogP contribution in [0, 0.1) is 0 Å². The van der Waals surface area contributed by atoms with Crippen LogP contribution in [0.4, 0.5) is 0 Å². The van der Waals surface area contributed by atoms with E-state index in [2.05, 4.69) is 4.90 Å². The van der Waals surface area contributed by atoms with Crippen LogP contribution in [0.15, 0.2) is 0 Å². The lowest BCUT2D eigenvalue weighted by Gasteiger charge is -2.34. The summed E-state index contributed by atoms with van der Waals surface area (Å²) >= 11 is 0. The second-order valence-electron chi connectivity index (χ2n) is 4.08. The van der Waals surface area contributed by atoms with Crippen LogP contribution >= 0.6 is 0 Å². The van der Waals surface area contributed by atoms with Gasteiger partial charge in [-0.2, -0.15) is 0 Å². The van der Waals surface area contributed by atoms with Gasteiger partial charge in [-0.1, -0.05) is 0 Å². The number of sulfone groups is 1. The van der Waals surface area contributed by atoms with Gasteiger partial charge in [0.1, 0.15) is 5.75 Å². The van der Waals surface area contributed by atoms with Crippen molar-refractivity contribution in [1.29, 1.82) is 0 Å². The van der Waals surface area contributed by atoms with Crippen LogP contribution in [0.1, 0.15) is 0 Å². The smallest absolute Gasteiger partial charge is 0.237 e. The monoisotopic (exact) mass is 249 g/mol. The number of amides is 1. The zero-order valence-electron chi connectivity index (χ0n) is 9.55. The molecule has 0 aliphatic carbocycles. The lowest BCUT2D eigenvalue weighted by Crippen LogP contribution is -2.50. The SMILES string of the molecule is CS(=O)(=O)CC(=O)N1CCN(CCN)CC1. The number of nitrogens with two attached hydrogens (primary N) is 1. The van der Waals surface area contributed by atoms with Gasteiger partial charge in [0, 0.05) is 45.5 Å². The second kappa shape index (κ2) is 5.60. The van der Waals surface area contributed by atoms with E-state index < -0.39 is 9.84 Å². The first-order chi connectivity index (χ1) is 7.42. The highest BCUT2D eigenvalue weighted by atomic mass is 32.2. The Morgan fingerprint density at radius 2 is 1.81 bits per heavy atom. The molecule has 7 heteroatoms. The van der Waals surface area contributed by atoms with Crippen molar-refractivity contribution in [3.63, 3.8) is 0 Å². The topological polar surface area (TPSA) is 83.7 Å². The maximum absolute atomic E-state index is 11.6. The van der Waals surface area contributed by atoms with Crippen molar-refractivity contribution in [2.24, 2.45) is 5.73 Å². The number of carbonyl (C=O) groups is 1. The van der Waals surface area contributed by atoms with E-state index in [1.165, 1.54) is 0 Å². The zero-order chi connectivity index (χ0) is 12.2. The van der Waals surface area contributed by atoms with Crippen molar-refractivity contribution in [2.45, 2.75) is 0 Å². The molecule has 0 spiro atoms. The summed E-state index contributed by atoms with van der Waals surface area (Å²) in [4.78, 5) is 15.4. The van der Waals surface area contributed by atoms with Crippen LogP contribution in [0.3, 0.4) is 0 Å². The van der Waals surface area contributed by atoms with Gasteiger partial charge in [0.25, 0.3) is 0 Å². The minimum Gasteiger partial charge on any atom is -0.339 e. The molecule has 1 saturated heterocycles. The molecule has 0 bridgehead atoms. The maximum Gasteiger partial charge on any atom is 0.237 e. The van der Waals surface area contributed by atoms with E-state index >= 15 is 0 Å². The molecule has 0 atom stereocenters. The summed E-state index contributed by atoms with van der Waals surface area (Å²) in [6, 6.07) is 0. The summed E-state index contributed by atoms with van der Waals surface area (Å²) < 4.78 is 22.0. The van der Waals surface area contributed by atoms with Crippen molar-refractivity contribution in [1.82, 2.24) is 9.80 Å². The summed E-state index contributed by atoms with van der Waals surface area (Å²) in [7, 11) is -3.22. The Kier molecular flexibility index (Phi) is 4.69. The largest absolute Gasteiger partial charge is 0.339 e. The van der Waals surface area contributed by atoms with Crippen molar-refractivity contribution < 1.29 is 13.2 Å². The highest BCUT2D eigenvalue weighted by Gasteiger charge is 2.22. The first-order valence-electron chi connectivity index (χ1n) is 5.30. The molecule has 0 unspecified atom stereocenters. The fourth-order valence-corrected chi connectivity index (χ4v) is 2.35.